The first kappa shape index (κ1) is 8.62. The molecule has 1 nitrogen and oxygen atoms in total. The molecular weight excluding hydrogens is 154 g/mol. The van der Waals surface area contributed by atoms with E-state index in [0.29, 0.717) is 0 Å². The second kappa shape index (κ2) is 3.79. The maximum atomic E-state index is 5.63. The van der Waals surface area contributed by atoms with Gasteiger partial charge in [-0.05, 0) is 26.0 Å². The maximum absolute atomic E-state index is 5.63. The van der Waals surface area contributed by atoms with Crippen LogP contribution in [0.25, 0.3) is 0 Å². The molecule has 2 N–H and O–H groups in total. The van der Waals surface area contributed by atoms with Crippen molar-refractivity contribution in [3.8, 4) is 0 Å². The van der Waals surface area contributed by atoms with Gasteiger partial charge in [0, 0.05) is 4.90 Å². The number of thioether (sulfide) groups is 1. The van der Waals surface area contributed by atoms with E-state index in [1.807, 2.05) is 6.92 Å². The average Bonchev–Trinajstić information content (AvgIpc) is 1.93. The monoisotopic (exact) mass is 167 g/mol. The molecule has 11 heavy (non-hydrogen) atoms. The zero-order valence-corrected chi connectivity index (χ0v) is 7.69. The van der Waals surface area contributed by atoms with Gasteiger partial charge in [-0.1, -0.05) is 17.7 Å². The topological polar surface area (TPSA) is 26.0 Å². The van der Waals surface area contributed by atoms with Crippen LogP contribution in [0.15, 0.2) is 29.2 Å². The Kier molecular flexibility index (Phi) is 2.97. The van der Waals surface area contributed by atoms with Crippen LogP contribution in [-0.2, 0) is 0 Å². The van der Waals surface area contributed by atoms with Crippen LogP contribution >= 0.6 is 11.8 Å². The lowest BCUT2D eigenvalue weighted by molar-refractivity contribution is 1.04. The molecule has 1 aromatic carbocycles. The van der Waals surface area contributed by atoms with Gasteiger partial charge in [-0.25, -0.2) is 0 Å². The lowest BCUT2D eigenvalue weighted by Crippen LogP contribution is -2.08. The fourth-order valence-electron chi connectivity index (χ4n) is 0.831. The lowest BCUT2D eigenvalue weighted by atomic mass is 10.2. The van der Waals surface area contributed by atoms with Crippen LogP contribution in [0.5, 0.6) is 0 Å². The minimum atomic E-state index is 0.178. The van der Waals surface area contributed by atoms with Crippen LogP contribution in [0.2, 0.25) is 0 Å². The van der Waals surface area contributed by atoms with Crippen molar-refractivity contribution in [3.63, 3.8) is 0 Å². The highest BCUT2D eigenvalue weighted by Crippen LogP contribution is 2.20. The van der Waals surface area contributed by atoms with Crippen molar-refractivity contribution in [1.82, 2.24) is 0 Å². The summed E-state index contributed by atoms with van der Waals surface area (Å²) in [4.78, 5) is 1.24. The van der Waals surface area contributed by atoms with Crippen LogP contribution in [-0.4, -0.2) is 5.37 Å². The molecule has 60 valence electrons. The molecule has 1 rings (SSSR count). The molecule has 0 bridgehead atoms. The summed E-state index contributed by atoms with van der Waals surface area (Å²) < 4.78 is 0. The molecule has 0 saturated carbocycles. The van der Waals surface area contributed by atoms with Gasteiger partial charge in [-0.3, -0.25) is 0 Å². The van der Waals surface area contributed by atoms with Crippen LogP contribution in [0.4, 0.5) is 0 Å². The van der Waals surface area contributed by atoms with Crippen molar-refractivity contribution >= 4 is 11.8 Å². The molecule has 0 radical (unpaired) electrons. The Hall–Kier alpha value is -0.470. The van der Waals surface area contributed by atoms with Gasteiger partial charge in [-0.15, -0.1) is 11.8 Å². The van der Waals surface area contributed by atoms with Crippen molar-refractivity contribution in [3.05, 3.63) is 29.8 Å². The van der Waals surface area contributed by atoms with E-state index in [-0.39, 0.29) is 5.37 Å². The summed E-state index contributed by atoms with van der Waals surface area (Å²) >= 11 is 1.68. The summed E-state index contributed by atoms with van der Waals surface area (Å²) in [5, 5.41) is 0.178. The van der Waals surface area contributed by atoms with Crippen LogP contribution in [0.3, 0.4) is 0 Å². The third kappa shape index (κ3) is 2.95. The Morgan fingerprint density at radius 3 is 2.27 bits per heavy atom. The largest absolute Gasteiger partial charge is 0.319 e. The molecule has 0 heterocycles. The van der Waals surface area contributed by atoms with E-state index in [1.54, 1.807) is 11.8 Å². The number of benzene rings is 1. The molecule has 0 spiro atoms. The fraction of sp³-hybridized carbons (Fsp3) is 0.333. The van der Waals surface area contributed by atoms with Gasteiger partial charge < -0.3 is 5.73 Å². The molecule has 0 aromatic heterocycles. The summed E-state index contributed by atoms with van der Waals surface area (Å²) in [5.74, 6) is 0. The van der Waals surface area contributed by atoms with Gasteiger partial charge in [0.15, 0.2) is 0 Å². The van der Waals surface area contributed by atoms with Crippen molar-refractivity contribution in [2.45, 2.75) is 24.1 Å². The Bertz CT molecular complexity index is 216. The number of rotatable bonds is 2. The van der Waals surface area contributed by atoms with Gasteiger partial charge in [0.05, 0.1) is 5.37 Å². The predicted octanol–water partition coefficient (Wildman–Crippen LogP) is 2.39. The molecule has 0 saturated heterocycles. The van der Waals surface area contributed by atoms with Crippen molar-refractivity contribution in [2.24, 2.45) is 5.73 Å². The first-order valence-electron chi connectivity index (χ1n) is 3.67. The minimum Gasteiger partial charge on any atom is -0.319 e. The Morgan fingerprint density at radius 1 is 1.27 bits per heavy atom. The molecule has 0 fully saturated rings. The molecule has 2 heteroatoms. The molecule has 1 aromatic rings. The normalized spacial score (nSPS) is 13.0. The van der Waals surface area contributed by atoms with Gasteiger partial charge in [0.1, 0.15) is 0 Å². The number of hydrogen-bond acceptors (Lipinski definition) is 2. The summed E-state index contributed by atoms with van der Waals surface area (Å²) in [6.45, 7) is 4.07. The second-order valence-corrected chi connectivity index (χ2v) is 4.09. The smallest absolute Gasteiger partial charge is 0.0525 e. The molecule has 1 unspecified atom stereocenters. The molecule has 1 atom stereocenters. The highest BCUT2D eigenvalue weighted by atomic mass is 32.2. The van der Waals surface area contributed by atoms with Gasteiger partial charge in [-0.2, -0.15) is 0 Å². The molecule has 0 aliphatic carbocycles. The van der Waals surface area contributed by atoms with Crippen molar-refractivity contribution in [1.29, 1.82) is 0 Å². The van der Waals surface area contributed by atoms with E-state index >= 15 is 0 Å². The standard InChI is InChI=1S/C9H13NS/c1-7-3-5-9(6-4-7)11-8(2)10/h3-6,8H,10H2,1-2H3. The van der Waals surface area contributed by atoms with Gasteiger partial charge in [0.2, 0.25) is 0 Å². The fourth-order valence-corrected chi connectivity index (χ4v) is 1.55. The molecular formula is C9H13NS. The average molecular weight is 167 g/mol. The van der Waals surface area contributed by atoms with Crippen LogP contribution in [0, 0.1) is 6.92 Å². The van der Waals surface area contributed by atoms with Gasteiger partial charge in [0.25, 0.3) is 0 Å². The molecule has 0 aliphatic heterocycles. The highest BCUT2D eigenvalue weighted by Gasteiger charge is 1.96. The van der Waals surface area contributed by atoms with Crippen LogP contribution in [0.1, 0.15) is 12.5 Å². The SMILES string of the molecule is Cc1ccc(SC(C)N)cc1. The van der Waals surface area contributed by atoms with Gasteiger partial charge >= 0.3 is 0 Å². The Labute approximate surface area is 72.0 Å². The van der Waals surface area contributed by atoms with E-state index in [4.69, 9.17) is 5.73 Å². The number of aryl methyl sites for hydroxylation is 1. The summed E-state index contributed by atoms with van der Waals surface area (Å²) in [7, 11) is 0. The maximum Gasteiger partial charge on any atom is 0.0525 e. The van der Waals surface area contributed by atoms with E-state index in [1.165, 1.54) is 10.5 Å². The first-order valence-corrected chi connectivity index (χ1v) is 4.55. The predicted molar refractivity (Wildman–Crippen MR) is 50.7 cm³/mol. The molecule has 0 amide bonds. The van der Waals surface area contributed by atoms with Crippen molar-refractivity contribution in [2.75, 3.05) is 0 Å². The first-order chi connectivity index (χ1) is 5.18. The minimum absolute atomic E-state index is 0.178. The summed E-state index contributed by atoms with van der Waals surface area (Å²) in [5.41, 5.74) is 6.92. The zero-order valence-electron chi connectivity index (χ0n) is 6.87. The van der Waals surface area contributed by atoms with E-state index in [9.17, 15) is 0 Å². The highest BCUT2D eigenvalue weighted by molar-refractivity contribution is 7.99. The number of nitrogens with two attached hydrogens (primary N) is 1. The zero-order chi connectivity index (χ0) is 8.27. The Morgan fingerprint density at radius 2 is 1.82 bits per heavy atom. The van der Waals surface area contributed by atoms with E-state index in [0.717, 1.165) is 0 Å². The van der Waals surface area contributed by atoms with Crippen LogP contribution < -0.4 is 5.73 Å². The molecule has 0 aliphatic rings. The number of hydrogen-bond donors (Lipinski definition) is 1. The third-order valence-corrected chi connectivity index (χ3v) is 2.26. The van der Waals surface area contributed by atoms with Crippen molar-refractivity contribution < 1.29 is 0 Å². The third-order valence-electron chi connectivity index (χ3n) is 1.34. The second-order valence-electron chi connectivity index (χ2n) is 2.64. The quantitative estimate of drug-likeness (QED) is 0.540. The summed E-state index contributed by atoms with van der Waals surface area (Å²) in [6, 6.07) is 8.40. The summed E-state index contributed by atoms with van der Waals surface area (Å²) in [6.07, 6.45) is 0. The lowest BCUT2D eigenvalue weighted by Gasteiger charge is -2.03. The van der Waals surface area contributed by atoms with E-state index in [2.05, 4.69) is 31.2 Å². The van der Waals surface area contributed by atoms with E-state index < -0.39 is 0 Å². The Balaban J connectivity index is 2.66.